The SMILES string of the molecule is CC1CC(Nc2snc(N)c2C(=O)NC(C)C)C1. The van der Waals surface area contributed by atoms with Gasteiger partial charge in [0.1, 0.15) is 10.6 Å². The topological polar surface area (TPSA) is 80.0 Å². The number of anilines is 2. The quantitative estimate of drug-likeness (QED) is 0.781. The third-order valence-corrected chi connectivity index (χ3v) is 3.87. The van der Waals surface area contributed by atoms with Gasteiger partial charge in [-0.15, -0.1) is 0 Å². The maximum absolute atomic E-state index is 12.0. The molecule has 1 aliphatic carbocycles. The lowest BCUT2D eigenvalue weighted by atomic mass is 9.82. The van der Waals surface area contributed by atoms with Crippen molar-refractivity contribution in [2.24, 2.45) is 5.92 Å². The van der Waals surface area contributed by atoms with Gasteiger partial charge in [-0.2, -0.15) is 4.37 Å². The number of amides is 1. The summed E-state index contributed by atoms with van der Waals surface area (Å²) in [5, 5.41) is 7.01. The van der Waals surface area contributed by atoms with Crippen LogP contribution < -0.4 is 16.4 Å². The third-order valence-electron chi connectivity index (χ3n) is 3.07. The van der Waals surface area contributed by atoms with Crippen molar-refractivity contribution >= 4 is 28.3 Å². The number of nitrogens with zero attached hydrogens (tertiary/aromatic N) is 1. The van der Waals surface area contributed by atoms with Crippen molar-refractivity contribution in [1.82, 2.24) is 9.69 Å². The molecule has 0 aromatic carbocycles. The molecule has 1 aromatic heterocycles. The summed E-state index contributed by atoms with van der Waals surface area (Å²) in [6.07, 6.45) is 2.28. The number of rotatable bonds is 4. The number of nitrogens with one attached hydrogen (secondary N) is 2. The van der Waals surface area contributed by atoms with E-state index < -0.39 is 0 Å². The van der Waals surface area contributed by atoms with E-state index in [1.54, 1.807) is 0 Å². The fourth-order valence-electron chi connectivity index (χ4n) is 2.16. The van der Waals surface area contributed by atoms with Crippen LogP contribution in [0.3, 0.4) is 0 Å². The smallest absolute Gasteiger partial charge is 0.258 e. The first-order chi connectivity index (χ1) is 8.47. The molecule has 1 aromatic rings. The first-order valence-electron chi connectivity index (χ1n) is 6.30. The van der Waals surface area contributed by atoms with Gasteiger partial charge in [0.25, 0.3) is 5.91 Å². The van der Waals surface area contributed by atoms with Crippen molar-refractivity contribution in [2.45, 2.75) is 45.7 Å². The standard InChI is InChI=1S/C12H20N4OS/c1-6(2)14-11(17)9-10(13)16-18-12(9)15-8-4-7(3)5-8/h6-8,15H,4-5H2,1-3H3,(H2,13,16)(H,14,17). The summed E-state index contributed by atoms with van der Waals surface area (Å²) in [5.41, 5.74) is 6.27. The second-order valence-electron chi connectivity index (χ2n) is 5.32. The number of hydrogen-bond acceptors (Lipinski definition) is 5. The Hall–Kier alpha value is -1.30. The highest BCUT2D eigenvalue weighted by Crippen LogP contribution is 2.34. The molecule has 18 heavy (non-hydrogen) atoms. The molecule has 1 saturated carbocycles. The van der Waals surface area contributed by atoms with Crippen molar-refractivity contribution in [3.8, 4) is 0 Å². The van der Waals surface area contributed by atoms with Gasteiger partial charge in [0.05, 0.1) is 0 Å². The Labute approximate surface area is 111 Å². The van der Waals surface area contributed by atoms with E-state index in [0.717, 1.165) is 23.8 Å². The van der Waals surface area contributed by atoms with Crippen LogP contribution in [-0.2, 0) is 0 Å². The summed E-state index contributed by atoms with van der Waals surface area (Å²) < 4.78 is 4.07. The molecule has 0 aliphatic heterocycles. The molecule has 0 saturated heterocycles. The minimum Gasteiger partial charge on any atom is -0.382 e. The Morgan fingerprint density at radius 3 is 2.72 bits per heavy atom. The molecule has 2 rings (SSSR count). The van der Waals surface area contributed by atoms with E-state index in [1.165, 1.54) is 11.5 Å². The summed E-state index contributed by atoms with van der Waals surface area (Å²) in [7, 11) is 0. The van der Waals surface area contributed by atoms with Gasteiger partial charge < -0.3 is 16.4 Å². The lowest BCUT2D eigenvalue weighted by molar-refractivity contribution is 0.0945. The van der Waals surface area contributed by atoms with Crippen molar-refractivity contribution in [3.05, 3.63) is 5.56 Å². The maximum Gasteiger partial charge on any atom is 0.258 e. The van der Waals surface area contributed by atoms with Gasteiger partial charge in [-0.25, -0.2) is 0 Å². The molecule has 0 bridgehead atoms. The van der Waals surface area contributed by atoms with Crippen LogP contribution in [0.25, 0.3) is 0 Å². The van der Waals surface area contributed by atoms with Gasteiger partial charge in [-0.3, -0.25) is 4.79 Å². The molecule has 100 valence electrons. The van der Waals surface area contributed by atoms with Crippen LogP contribution in [-0.4, -0.2) is 22.4 Å². The molecule has 0 spiro atoms. The zero-order chi connectivity index (χ0) is 13.3. The van der Waals surface area contributed by atoms with Gasteiger partial charge >= 0.3 is 0 Å². The molecule has 1 fully saturated rings. The Bertz CT molecular complexity index is 437. The molecular weight excluding hydrogens is 248 g/mol. The van der Waals surface area contributed by atoms with E-state index in [1.807, 2.05) is 13.8 Å². The number of carbonyl (C=O) groups excluding carboxylic acids is 1. The van der Waals surface area contributed by atoms with Crippen molar-refractivity contribution in [1.29, 1.82) is 0 Å². The van der Waals surface area contributed by atoms with Crippen molar-refractivity contribution in [3.63, 3.8) is 0 Å². The second-order valence-corrected chi connectivity index (χ2v) is 6.09. The number of aromatic nitrogens is 1. The fraction of sp³-hybridized carbons (Fsp3) is 0.667. The Morgan fingerprint density at radius 1 is 1.50 bits per heavy atom. The lowest BCUT2D eigenvalue weighted by Crippen LogP contribution is -2.35. The monoisotopic (exact) mass is 268 g/mol. The third kappa shape index (κ3) is 2.75. The highest BCUT2D eigenvalue weighted by molar-refractivity contribution is 7.11. The van der Waals surface area contributed by atoms with E-state index in [4.69, 9.17) is 5.73 Å². The van der Waals surface area contributed by atoms with Crippen molar-refractivity contribution in [2.75, 3.05) is 11.1 Å². The summed E-state index contributed by atoms with van der Waals surface area (Å²) in [5.74, 6) is 0.930. The summed E-state index contributed by atoms with van der Waals surface area (Å²) in [6, 6.07) is 0.541. The molecule has 5 nitrogen and oxygen atoms in total. The summed E-state index contributed by atoms with van der Waals surface area (Å²) >= 11 is 1.26. The van der Waals surface area contributed by atoms with Gasteiger partial charge in [-0.1, -0.05) is 6.92 Å². The Kier molecular flexibility index (Phi) is 3.75. The predicted octanol–water partition coefficient (Wildman–Crippen LogP) is 2.07. The number of nitrogen functional groups attached to an aromatic ring is 1. The van der Waals surface area contributed by atoms with Gasteiger partial charge in [0.2, 0.25) is 0 Å². The molecule has 6 heteroatoms. The first kappa shape index (κ1) is 13.1. The molecule has 4 N–H and O–H groups in total. The van der Waals surface area contributed by atoms with Gasteiger partial charge in [-0.05, 0) is 44.1 Å². The van der Waals surface area contributed by atoms with Gasteiger partial charge in [0.15, 0.2) is 5.82 Å². The highest BCUT2D eigenvalue weighted by Gasteiger charge is 2.28. The second kappa shape index (κ2) is 5.14. The van der Waals surface area contributed by atoms with E-state index in [-0.39, 0.29) is 11.9 Å². The van der Waals surface area contributed by atoms with Crippen LogP contribution in [0.4, 0.5) is 10.8 Å². The Morgan fingerprint density at radius 2 is 2.17 bits per heavy atom. The van der Waals surface area contributed by atoms with E-state index >= 15 is 0 Å². The maximum atomic E-state index is 12.0. The summed E-state index contributed by atoms with van der Waals surface area (Å²) in [4.78, 5) is 12.0. The molecule has 1 aliphatic rings. The normalized spacial score (nSPS) is 22.7. The average molecular weight is 268 g/mol. The lowest BCUT2D eigenvalue weighted by Gasteiger charge is -2.33. The molecular formula is C12H20N4OS. The zero-order valence-electron chi connectivity index (χ0n) is 11.0. The fourth-order valence-corrected chi connectivity index (χ4v) is 2.95. The number of hydrogen-bond donors (Lipinski definition) is 3. The minimum absolute atomic E-state index is 0.0911. The van der Waals surface area contributed by atoms with Crippen LogP contribution in [0.1, 0.15) is 44.0 Å². The molecule has 0 unspecified atom stereocenters. The van der Waals surface area contributed by atoms with Crippen LogP contribution in [0.5, 0.6) is 0 Å². The van der Waals surface area contributed by atoms with E-state index in [9.17, 15) is 4.79 Å². The van der Waals surface area contributed by atoms with Gasteiger partial charge in [0, 0.05) is 12.1 Å². The van der Waals surface area contributed by atoms with Crippen LogP contribution in [0, 0.1) is 5.92 Å². The summed E-state index contributed by atoms with van der Waals surface area (Å²) in [6.45, 7) is 6.08. The first-order valence-corrected chi connectivity index (χ1v) is 7.07. The zero-order valence-corrected chi connectivity index (χ0v) is 11.8. The molecule has 0 radical (unpaired) electrons. The number of nitrogens with two attached hydrogens (primary N) is 1. The minimum atomic E-state index is -0.147. The predicted molar refractivity (Wildman–Crippen MR) is 74.9 cm³/mol. The van der Waals surface area contributed by atoms with E-state index in [2.05, 4.69) is 21.9 Å². The van der Waals surface area contributed by atoms with Crippen LogP contribution >= 0.6 is 11.5 Å². The van der Waals surface area contributed by atoms with Crippen LogP contribution in [0.15, 0.2) is 0 Å². The highest BCUT2D eigenvalue weighted by atomic mass is 32.1. The molecule has 0 atom stereocenters. The van der Waals surface area contributed by atoms with E-state index in [0.29, 0.717) is 17.4 Å². The largest absolute Gasteiger partial charge is 0.382 e. The van der Waals surface area contributed by atoms with Crippen molar-refractivity contribution < 1.29 is 4.79 Å². The Balaban J connectivity index is 2.09. The molecule has 1 heterocycles. The molecule has 1 amide bonds. The number of carbonyl (C=O) groups is 1. The average Bonchev–Trinajstić information content (AvgIpc) is 2.56. The van der Waals surface area contributed by atoms with Crippen LogP contribution in [0.2, 0.25) is 0 Å².